The van der Waals surface area contributed by atoms with Crippen LogP contribution < -0.4 is 10.9 Å². The molecule has 3 rings (SSSR count). The number of aromatic nitrogens is 2. The van der Waals surface area contributed by atoms with Gasteiger partial charge in [-0.3, -0.25) is 9.59 Å². The number of aromatic amines is 1. The van der Waals surface area contributed by atoms with Crippen LogP contribution in [0.3, 0.4) is 0 Å². The number of fused-ring (bicyclic) bond motifs is 1. The number of hydrogen-bond donors (Lipinski definition) is 2. The number of allylic oxidation sites excluding steroid dienone is 1. The third kappa shape index (κ3) is 2.97. The molecule has 0 bridgehead atoms. The third-order valence-corrected chi connectivity index (χ3v) is 5.25. The highest BCUT2D eigenvalue weighted by Crippen LogP contribution is 2.26. The number of nitrogens with zero attached hydrogens (tertiary/aromatic N) is 1. The molecule has 1 aliphatic carbocycles. The first-order valence-electron chi connectivity index (χ1n) is 7.59. The summed E-state index contributed by atoms with van der Waals surface area (Å²) in [6, 6.07) is 0. The minimum absolute atomic E-state index is 0.115. The molecule has 5 nitrogen and oxygen atoms in total. The maximum absolute atomic E-state index is 12.3. The molecule has 0 atom stereocenters. The van der Waals surface area contributed by atoms with Crippen molar-refractivity contribution in [1.82, 2.24) is 15.3 Å². The minimum atomic E-state index is -0.190. The first-order chi connectivity index (χ1) is 10.7. The highest BCUT2D eigenvalue weighted by atomic mass is 32.1. The van der Waals surface area contributed by atoms with Crippen LogP contribution in [-0.4, -0.2) is 22.4 Å². The van der Waals surface area contributed by atoms with Crippen LogP contribution in [0.25, 0.3) is 10.2 Å². The van der Waals surface area contributed by atoms with E-state index in [9.17, 15) is 9.59 Å². The Morgan fingerprint density at radius 3 is 3.05 bits per heavy atom. The third-order valence-electron chi connectivity index (χ3n) is 4.06. The Morgan fingerprint density at radius 1 is 1.45 bits per heavy atom. The van der Waals surface area contributed by atoms with Gasteiger partial charge in [0.15, 0.2) is 0 Å². The summed E-state index contributed by atoms with van der Waals surface area (Å²) in [7, 11) is 0. The van der Waals surface area contributed by atoms with Gasteiger partial charge >= 0.3 is 0 Å². The molecule has 0 radical (unpaired) electrons. The normalized spacial score (nSPS) is 14.9. The molecule has 0 saturated heterocycles. The lowest BCUT2D eigenvalue weighted by Crippen LogP contribution is -2.24. The maximum Gasteiger partial charge on any atom is 0.261 e. The Bertz CT molecular complexity index is 788. The van der Waals surface area contributed by atoms with Gasteiger partial charge in [0.25, 0.3) is 11.5 Å². The first kappa shape index (κ1) is 15.0. The average molecular weight is 317 g/mol. The standard InChI is InChI=1S/C16H19N3O2S/c1-10-12-14(20)18-9-19-16(12)22-13(10)15(21)17-8-7-11-5-3-2-4-6-11/h5,9H,2-4,6-8H2,1H3,(H,17,21)(H,18,19,20). The van der Waals surface area contributed by atoms with Crippen molar-refractivity contribution in [2.24, 2.45) is 0 Å². The summed E-state index contributed by atoms with van der Waals surface area (Å²) >= 11 is 1.27. The van der Waals surface area contributed by atoms with E-state index >= 15 is 0 Å². The number of H-pyrrole nitrogens is 1. The van der Waals surface area contributed by atoms with Crippen molar-refractivity contribution in [2.75, 3.05) is 6.54 Å². The highest BCUT2D eigenvalue weighted by molar-refractivity contribution is 7.20. The van der Waals surface area contributed by atoms with E-state index in [1.807, 2.05) is 0 Å². The summed E-state index contributed by atoms with van der Waals surface area (Å²) in [6.45, 7) is 2.44. The van der Waals surface area contributed by atoms with Crippen molar-refractivity contribution in [3.63, 3.8) is 0 Å². The fourth-order valence-corrected chi connectivity index (χ4v) is 3.91. The summed E-state index contributed by atoms with van der Waals surface area (Å²) in [6.07, 6.45) is 9.42. The number of rotatable bonds is 4. The quantitative estimate of drug-likeness (QED) is 0.851. The molecule has 2 heterocycles. The van der Waals surface area contributed by atoms with Gasteiger partial charge in [-0.1, -0.05) is 11.6 Å². The second-order valence-electron chi connectivity index (χ2n) is 5.58. The number of carbonyl (C=O) groups excluding carboxylic acids is 1. The smallest absolute Gasteiger partial charge is 0.261 e. The highest BCUT2D eigenvalue weighted by Gasteiger charge is 2.18. The topological polar surface area (TPSA) is 74.8 Å². The van der Waals surface area contributed by atoms with Gasteiger partial charge < -0.3 is 10.3 Å². The zero-order chi connectivity index (χ0) is 15.5. The van der Waals surface area contributed by atoms with Gasteiger partial charge in [-0.15, -0.1) is 11.3 Å². The number of thiophene rings is 1. The summed E-state index contributed by atoms with van der Waals surface area (Å²) in [5.41, 5.74) is 1.96. The van der Waals surface area contributed by atoms with E-state index in [0.29, 0.717) is 27.2 Å². The molecule has 0 aromatic carbocycles. The van der Waals surface area contributed by atoms with E-state index in [-0.39, 0.29) is 11.5 Å². The molecular formula is C16H19N3O2S. The predicted molar refractivity (Wildman–Crippen MR) is 88.5 cm³/mol. The number of carbonyl (C=O) groups is 1. The molecular weight excluding hydrogens is 298 g/mol. The summed E-state index contributed by atoms with van der Waals surface area (Å²) in [5, 5.41) is 3.48. The summed E-state index contributed by atoms with van der Waals surface area (Å²) in [4.78, 5) is 32.0. The Morgan fingerprint density at radius 2 is 2.32 bits per heavy atom. The van der Waals surface area contributed by atoms with Gasteiger partial charge in [-0.2, -0.15) is 0 Å². The number of nitrogens with one attached hydrogen (secondary N) is 2. The Kier molecular flexibility index (Phi) is 4.38. The van der Waals surface area contributed by atoms with Crippen LogP contribution in [0.1, 0.15) is 47.3 Å². The van der Waals surface area contributed by atoms with E-state index in [1.165, 1.54) is 36.1 Å². The molecule has 1 aliphatic rings. The van der Waals surface area contributed by atoms with Crippen LogP contribution in [0.2, 0.25) is 0 Å². The number of amides is 1. The monoisotopic (exact) mass is 317 g/mol. The molecule has 0 unspecified atom stereocenters. The first-order valence-corrected chi connectivity index (χ1v) is 8.41. The largest absolute Gasteiger partial charge is 0.351 e. The van der Waals surface area contributed by atoms with Crippen molar-refractivity contribution in [2.45, 2.75) is 39.0 Å². The van der Waals surface area contributed by atoms with E-state index in [2.05, 4.69) is 21.4 Å². The lowest BCUT2D eigenvalue weighted by atomic mass is 9.97. The van der Waals surface area contributed by atoms with Crippen molar-refractivity contribution in [3.05, 3.63) is 38.8 Å². The molecule has 22 heavy (non-hydrogen) atoms. The van der Waals surface area contributed by atoms with Gasteiger partial charge in [0.1, 0.15) is 4.83 Å². The van der Waals surface area contributed by atoms with Crippen LogP contribution in [0.4, 0.5) is 0 Å². The molecule has 0 saturated carbocycles. The van der Waals surface area contributed by atoms with Crippen LogP contribution >= 0.6 is 11.3 Å². The molecule has 2 aromatic rings. The lowest BCUT2D eigenvalue weighted by Gasteiger charge is -2.12. The van der Waals surface area contributed by atoms with E-state index in [1.54, 1.807) is 6.92 Å². The van der Waals surface area contributed by atoms with Gasteiger partial charge in [0.05, 0.1) is 16.6 Å². The summed E-state index contributed by atoms with van der Waals surface area (Å²) in [5.74, 6) is -0.115. The SMILES string of the molecule is Cc1c(C(=O)NCCC2=CCCCC2)sc2nc[nH]c(=O)c12. The van der Waals surface area contributed by atoms with Crippen molar-refractivity contribution in [3.8, 4) is 0 Å². The minimum Gasteiger partial charge on any atom is -0.351 e. The second kappa shape index (κ2) is 6.44. The second-order valence-corrected chi connectivity index (χ2v) is 6.58. The van der Waals surface area contributed by atoms with E-state index in [4.69, 9.17) is 0 Å². The van der Waals surface area contributed by atoms with Crippen molar-refractivity contribution >= 4 is 27.5 Å². The fourth-order valence-electron chi connectivity index (χ4n) is 2.84. The Balaban J connectivity index is 1.70. The zero-order valence-corrected chi connectivity index (χ0v) is 13.4. The number of hydrogen-bond acceptors (Lipinski definition) is 4. The molecule has 0 fully saturated rings. The van der Waals surface area contributed by atoms with E-state index < -0.39 is 0 Å². The molecule has 6 heteroatoms. The molecule has 116 valence electrons. The number of aryl methyl sites for hydroxylation is 1. The van der Waals surface area contributed by atoms with Gasteiger partial charge in [0.2, 0.25) is 0 Å². The van der Waals surface area contributed by atoms with Crippen LogP contribution in [-0.2, 0) is 0 Å². The molecule has 1 amide bonds. The molecule has 2 N–H and O–H groups in total. The molecule has 2 aromatic heterocycles. The average Bonchev–Trinajstić information content (AvgIpc) is 2.87. The van der Waals surface area contributed by atoms with Gasteiger partial charge in [0, 0.05) is 6.54 Å². The van der Waals surface area contributed by atoms with Crippen molar-refractivity contribution in [1.29, 1.82) is 0 Å². The Labute approximate surface area is 132 Å². The van der Waals surface area contributed by atoms with Crippen LogP contribution in [0.5, 0.6) is 0 Å². The van der Waals surface area contributed by atoms with Crippen LogP contribution in [0, 0.1) is 6.92 Å². The molecule has 0 spiro atoms. The fraction of sp³-hybridized carbons (Fsp3) is 0.438. The lowest BCUT2D eigenvalue weighted by molar-refractivity contribution is 0.0957. The van der Waals surface area contributed by atoms with E-state index in [0.717, 1.165) is 19.3 Å². The summed E-state index contributed by atoms with van der Waals surface area (Å²) < 4.78 is 0. The predicted octanol–water partition coefficient (Wildman–Crippen LogP) is 2.91. The van der Waals surface area contributed by atoms with Gasteiger partial charge in [-0.25, -0.2) is 4.98 Å². The van der Waals surface area contributed by atoms with Crippen molar-refractivity contribution < 1.29 is 4.79 Å². The maximum atomic E-state index is 12.3. The Hall–Kier alpha value is -1.95. The van der Waals surface area contributed by atoms with Gasteiger partial charge in [-0.05, 0) is 44.6 Å². The van der Waals surface area contributed by atoms with Crippen LogP contribution in [0.15, 0.2) is 22.8 Å². The zero-order valence-electron chi connectivity index (χ0n) is 12.6. The molecule has 0 aliphatic heterocycles.